The summed E-state index contributed by atoms with van der Waals surface area (Å²) in [5, 5.41) is 10.5. The van der Waals surface area contributed by atoms with Crippen LogP contribution in [0, 0.1) is 11.8 Å². The monoisotopic (exact) mass is 284 g/mol. The summed E-state index contributed by atoms with van der Waals surface area (Å²) in [6.07, 6.45) is 10.8. The summed E-state index contributed by atoms with van der Waals surface area (Å²) in [5.41, 5.74) is -1.63. The van der Waals surface area contributed by atoms with Crippen molar-refractivity contribution in [1.29, 1.82) is 0 Å². The summed E-state index contributed by atoms with van der Waals surface area (Å²) in [4.78, 5) is 0. The van der Waals surface area contributed by atoms with Gasteiger partial charge in [-0.05, 0) is 36.8 Å². The van der Waals surface area contributed by atoms with Crippen LogP contribution in [0.25, 0.3) is 0 Å². The fourth-order valence-electron chi connectivity index (χ4n) is 3.62. The highest BCUT2D eigenvalue weighted by molar-refractivity contribution is 5.28. The van der Waals surface area contributed by atoms with E-state index in [1.165, 1.54) is 37.8 Å². The van der Waals surface area contributed by atoms with Gasteiger partial charge in [0.15, 0.2) is 6.17 Å². The van der Waals surface area contributed by atoms with Crippen molar-refractivity contribution in [1.82, 2.24) is 0 Å². The van der Waals surface area contributed by atoms with Gasteiger partial charge in [0, 0.05) is 0 Å². The number of halogens is 2. The molecule has 2 aliphatic carbocycles. The van der Waals surface area contributed by atoms with Crippen molar-refractivity contribution in [2.45, 2.75) is 70.1 Å². The molecule has 0 heterocycles. The number of aliphatic hydroxyl groups is 1. The maximum absolute atomic E-state index is 14.0. The standard InChI is InChI=1S/C17H26F2O/c1-2-3-4-6-13-8-10-14(11-9-13)17(20)12-5-7-15(18)16(17)19/h5,7,12-14,16,20H,2-4,6,8-11H2,1H3/t13-,14-,16?,17?. The van der Waals surface area contributed by atoms with E-state index in [1.54, 1.807) is 0 Å². The lowest BCUT2D eigenvalue weighted by Crippen LogP contribution is -2.47. The van der Waals surface area contributed by atoms with Crippen LogP contribution < -0.4 is 0 Å². The Kier molecular flexibility index (Phi) is 5.36. The average Bonchev–Trinajstić information content (AvgIpc) is 2.46. The normalized spacial score (nSPS) is 37.8. The summed E-state index contributed by atoms with van der Waals surface area (Å²) in [6.45, 7) is 2.20. The van der Waals surface area contributed by atoms with Gasteiger partial charge in [-0.25, -0.2) is 8.78 Å². The summed E-state index contributed by atoms with van der Waals surface area (Å²) >= 11 is 0. The molecule has 20 heavy (non-hydrogen) atoms. The molecule has 1 N–H and O–H groups in total. The highest BCUT2D eigenvalue weighted by atomic mass is 19.2. The highest BCUT2D eigenvalue weighted by Gasteiger charge is 2.46. The largest absolute Gasteiger partial charge is 0.382 e. The number of hydrogen-bond donors (Lipinski definition) is 1. The van der Waals surface area contributed by atoms with Crippen molar-refractivity contribution in [3.63, 3.8) is 0 Å². The van der Waals surface area contributed by atoms with E-state index in [4.69, 9.17) is 0 Å². The molecular formula is C17H26F2O. The second kappa shape index (κ2) is 6.84. The first-order valence-corrected chi connectivity index (χ1v) is 7.99. The van der Waals surface area contributed by atoms with Crippen LogP contribution in [0.5, 0.6) is 0 Å². The van der Waals surface area contributed by atoms with Crippen molar-refractivity contribution in [3.8, 4) is 0 Å². The first-order valence-electron chi connectivity index (χ1n) is 7.99. The van der Waals surface area contributed by atoms with Crippen LogP contribution in [0.3, 0.4) is 0 Å². The number of allylic oxidation sites excluding steroid dienone is 2. The van der Waals surface area contributed by atoms with Crippen molar-refractivity contribution in [2.75, 3.05) is 0 Å². The third-order valence-electron chi connectivity index (χ3n) is 4.98. The molecule has 0 aromatic heterocycles. The minimum Gasteiger partial charge on any atom is -0.382 e. The Hall–Kier alpha value is -0.700. The van der Waals surface area contributed by atoms with E-state index < -0.39 is 17.6 Å². The van der Waals surface area contributed by atoms with Crippen LogP contribution in [0.1, 0.15) is 58.3 Å². The molecule has 2 rings (SSSR count). The van der Waals surface area contributed by atoms with Crippen LogP contribution in [-0.2, 0) is 0 Å². The molecule has 1 nitrogen and oxygen atoms in total. The highest BCUT2D eigenvalue weighted by Crippen LogP contribution is 2.43. The first-order chi connectivity index (χ1) is 9.58. The zero-order valence-electron chi connectivity index (χ0n) is 12.3. The topological polar surface area (TPSA) is 20.2 Å². The predicted octanol–water partition coefficient (Wildman–Crippen LogP) is 4.87. The van der Waals surface area contributed by atoms with Crippen LogP contribution in [-0.4, -0.2) is 16.9 Å². The Labute approximate surface area is 120 Å². The molecule has 0 amide bonds. The van der Waals surface area contributed by atoms with Gasteiger partial charge in [0.05, 0.1) is 0 Å². The molecule has 0 aliphatic heterocycles. The molecule has 0 saturated heterocycles. The Bertz CT molecular complexity index is 369. The fraction of sp³-hybridized carbons (Fsp3) is 0.765. The summed E-state index contributed by atoms with van der Waals surface area (Å²) < 4.78 is 27.4. The van der Waals surface area contributed by atoms with Gasteiger partial charge in [0.1, 0.15) is 11.4 Å². The smallest absolute Gasteiger partial charge is 0.184 e. The molecule has 0 aromatic carbocycles. The Morgan fingerprint density at radius 1 is 1.25 bits per heavy atom. The minimum absolute atomic E-state index is 0.157. The van der Waals surface area contributed by atoms with Crippen molar-refractivity contribution in [3.05, 3.63) is 24.1 Å². The van der Waals surface area contributed by atoms with Crippen molar-refractivity contribution >= 4 is 0 Å². The maximum atomic E-state index is 14.0. The van der Waals surface area contributed by atoms with Gasteiger partial charge in [0.2, 0.25) is 0 Å². The second-order valence-corrected chi connectivity index (χ2v) is 6.37. The van der Waals surface area contributed by atoms with Gasteiger partial charge < -0.3 is 5.11 Å². The Morgan fingerprint density at radius 3 is 2.60 bits per heavy atom. The van der Waals surface area contributed by atoms with Crippen molar-refractivity contribution < 1.29 is 13.9 Å². The average molecular weight is 284 g/mol. The molecule has 2 aliphatic rings. The van der Waals surface area contributed by atoms with E-state index in [0.29, 0.717) is 5.92 Å². The van der Waals surface area contributed by atoms with E-state index in [1.807, 2.05) is 0 Å². The molecule has 0 bridgehead atoms. The third-order valence-corrected chi connectivity index (χ3v) is 4.98. The number of rotatable bonds is 5. The fourth-order valence-corrected chi connectivity index (χ4v) is 3.62. The summed E-state index contributed by atoms with van der Waals surface area (Å²) in [7, 11) is 0. The summed E-state index contributed by atoms with van der Waals surface area (Å²) in [5.74, 6) is -0.303. The molecule has 0 spiro atoms. The Balaban J connectivity index is 1.87. The molecule has 1 fully saturated rings. The molecule has 114 valence electrons. The molecule has 2 unspecified atom stereocenters. The first kappa shape index (κ1) is 15.7. The number of alkyl halides is 1. The van der Waals surface area contributed by atoms with Gasteiger partial charge in [0.25, 0.3) is 0 Å². The molecule has 1 saturated carbocycles. The zero-order chi connectivity index (χ0) is 14.6. The lowest BCUT2D eigenvalue weighted by atomic mass is 9.69. The lowest BCUT2D eigenvalue weighted by Gasteiger charge is -2.41. The summed E-state index contributed by atoms with van der Waals surface area (Å²) in [6, 6.07) is 0. The van der Waals surface area contributed by atoms with Crippen molar-refractivity contribution in [2.24, 2.45) is 11.8 Å². The number of hydrogen-bond acceptors (Lipinski definition) is 1. The van der Waals surface area contributed by atoms with Gasteiger partial charge in [-0.15, -0.1) is 0 Å². The predicted molar refractivity (Wildman–Crippen MR) is 77.8 cm³/mol. The SMILES string of the molecule is CCCCC[C@H]1CC[C@H](C2(O)C=CC=C(F)C2F)CC1. The number of unbranched alkanes of at least 4 members (excludes halogenated alkanes) is 2. The molecular weight excluding hydrogens is 258 g/mol. The van der Waals surface area contributed by atoms with E-state index in [0.717, 1.165) is 31.8 Å². The van der Waals surface area contributed by atoms with Gasteiger partial charge in [-0.3, -0.25) is 0 Å². The molecule has 3 heteroatoms. The van der Waals surface area contributed by atoms with Gasteiger partial charge in [-0.1, -0.05) is 51.5 Å². The second-order valence-electron chi connectivity index (χ2n) is 6.37. The molecule has 0 aromatic rings. The quantitative estimate of drug-likeness (QED) is 0.714. The van der Waals surface area contributed by atoms with E-state index in [-0.39, 0.29) is 5.92 Å². The van der Waals surface area contributed by atoms with Crippen LogP contribution in [0.2, 0.25) is 0 Å². The zero-order valence-corrected chi connectivity index (χ0v) is 12.3. The van der Waals surface area contributed by atoms with E-state index in [2.05, 4.69) is 6.92 Å². The van der Waals surface area contributed by atoms with Gasteiger partial charge >= 0.3 is 0 Å². The third kappa shape index (κ3) is 3.30. The van der Waals surface area contributed by atoms with Crippen LogP contribution in [0.15, 0.2) is 24.1 Å². The lowest BCUT2D eigenvalue weighted by molar-refractivity contribution is -0.0526. The minimum atomic E-state index is -1.89. The van der Waals surface area contributed by atoms with Gasteiger partial charge in [-0.2, -0.15) is 0 Å². The van der Waals surface area contributed by atoms with Crippen LogP contribution in [0.4, 0.5) is 8.78 Å². The van der Waals surface area contributed by atoms with Crippen LogP contribution >= 0.6 is 0 Å². The Morgan fingerprint density at radius 2 is 1.95 bits per heavy atom. The maximum Gasteiger partial charge on any atom is 0.184 e. The molecule has 2 atom stereocenters. The molecule has 0 radical (unpaired) electrons. The van der Waals surface area contributed by atoms with E-state index in [9.17, 15) is 13.9 Å². The van der Waals surface area contributed by atoms with E-state index >= 15 is 0 Å².